The van der Waals surface area contributed by atoms with Crippen LogP contribution in [0.5, 0.6) is 0 Å². The number of fused-ring (bicyclic) bond motifs is 1. The SMILES string of the molecule is CCCn1cc(C(=O)Nc2ccc(C(N)=O)cc2)c2nn(-c3ccccc3)c(=O)c-2c1. The molecule has 0 fully saturated rings. The summed E-state index contributed by atoms with van der Waals surface area (Å²) < 4.78 is 3.13. The minimum Gasteiger partial charge on any atom is -0.366 e. The monoisotopic (exact) mass is 415 g/mol. The maximum Gasteiger partial charge on any atom is 0.282 e. The minimum atomic E-state index is -0.544. The Balaban J connectivity index is 1.77. The second-order valence-corrected chi connectivity index (χ2v) is 7.12. The first-order valence-electron chi connectivity index (χ1n) is 9.87. The lowest BCUT2D eigenvalue weighted by Gasteiger charge is -2.12. The summed E-state index contributed by atoms with van der Waals surface area (Å²) in [6.45, 7) is 2.67. The lowest BCUT2D eigenvalue weighted by molar-refractivity contribution is 0.0998. The van der Waals surface area contributed by atoms with E-state index in [-0.39, 0.29) is 11.1 Å². The van der Waals surface area contributed by atoms with Gasteiger partial charge >= 0.3 is 0 Å². The van der Waals surface area contributed by atoms with Crippen LogP contribution in [0.2, 0.25) is 0 Å². The molecule has 156 valence electrons. The van der Waals surface area contributed by atoms with Crippen LogP contribution in [0.25, 0.3) is 16.9 Å². The first kappa shape index (κ1) is 20.1. The van der Waals surface area contributed by atoms with Crippen molar-refractivity contribution < 1.29 is 9.59 Å². The molecular weight excluding hydrogens is 394 g/mol. The topological polar surface area (TPSA) is 112 Å². The number of primary amides is 1. The van der Waals surface area contributed by atoms with Crippen molar-refractivity contribution in [2.75, 3.05) is 5.32 Å². The molecule has 8 heteroatoms. The second kappa shape index (κ2) is 8.27. The van der Waals surface area contributed by atoms with Crippen LogP contribution in [0, 0.1) is 0 Å². The van der Waals surface area contributed by atoms with E-state index in [1.54, 1.807) is 36.7 Å². The number of benzene rings is 2. The number of rotatable bonds is 6. The van der Waals surface area contributed by atoms with Crippen LogP contribution >= 0.6 is 0 Å². The van der Waals surface area contributed by atoms with Gasteiger partial charge in [-0.1, -0.05) is 25.1 Å². The third-order valence-corrected chi connectivity index (χ3v) is 4.88. The highest BCUT2D eigenvalue weighted by Crippen LogP contribution is 2.23. The van der Waals surface area contributed by atoms with Gasteiger partial charge in [-0.05, 0) is 42.8 Å². The Hall–Kier alpha value is -4.20. The molecule has 2 aromatic rings. The van der Waals surface area contributed by atoms with Gasteiger partial charge in [0.1, 0.15) is 5.69 Å². The van der Waals surface area contributed by atoms with Crippen LogP contribution in [0.3, 0.4) is 0 Å². The van der Waals surface area contributed by atoms with Crippen molar-refractivity contribution in [3.05, 3.63) is 88.5 Å². The van der Waals surface area contributed by atoms with Crippen molar-refractivity contribution in [2.24, 2.45) is 5.73 Å². The molecule has 4 rings (SSSR count). The summed E-state index contributed by atoms with van der Waals surface area (Å²) in [6.07, 6.45) is 4.26. The number of nitrogens with zero attached hydrogens (tertiary/aromatic N) is 3. The molecule has 2 aromatic carbocycles. The van der Waals surface area contributed by atoms with Crippen LogP contribution in [0.1, 0.15) is 34.1 Å². The van der Waals surface area contributed by atoms with Gasteiger partial charge in [0.05, 0.1) is 16.8 Å². The Labute approximate surface area is 178 Å². The van der Waals surface area contributed by atoms with Crippen LogP contribution in [-0.2, 0) is 6.54 Å². The van der Waals surface area contributed by atoms with Crippen molar-refractivity contribution in [1.82, 2.24) is 14.3 Å². The van der Waals surface area contributed by atoms with E-state index >= 15 is 0 Å². The van der Waals surface area contributed by atoms with Crippen LogP contribution in [0.4, 0.5) is 5.69 Å². The van der Waals surface area contributed by atoms with Gasteiger partial charge in [0, 0.05) is 30.2 Å². The third kappa shape index (κ3) is 3.95. The molecule has 0 bridgehead atoms. The number of nitrogens with one attached hydrogen (secondary N) is 1. The molecule has 2 aliphatic rings. The highest BCUT2D eigenvalue weighted by atomic mass is 16.2. The maximum atomic E-state index is 13.1. The molecule has 8 nitrogen and oxygen atoms in total. The fraction of sp³-hybridized carbons (Fsp3) is 0.130. The molecule has 0 spiro atoms. The Morgan fingerprint density at radius 3 is 2.39 bits per heavy atom. The summed E-state index contributed by atoms with van der Waals surface area (Å²) in [7, 11) is 0. The van der Waals surface area contributed by atoms with E-state index in [0.717, 1.165) is 6.42 Å². The number of aryl methyl sites for hydroxylation is 1. The van der Waals surface area contributed by atoms with Crippen molar-refractivity contribution >= 4 is 17.5 Å². The van der Waals surface area contributed by atoms with Crippen molar-refractivity contribution in [3.63, 3.8) is 0 Å². The largest absolute Gasteiger partial charge is 0.366 e. The smallest absolute Gasteiger partial charge is 0.282 e. The number of hydrogen-bond donors (Lipinski definition) is 2. The van der Waals surface area contributed by atoms with Gasteiger partial charge in [-0.25, -0.2) is 0 Å². The Morgan fingerprint density at radius 2 is 1.74 bits per heavy atom. The second-order valence-electron chi connectivity index (χ2n) is 7.12. The van der Waals surface area contributed by atoms with E-state index < -0.39 is 11.8 Å². The summed E-state index contributed by atoms with van der Waals surface area (Å²) in [5.74, 6) is -0.947. The Morgan fingerprint density at radius 1 is 1.03 bits per heavy atom. The fourth-order valence-corrected chi connectivity index (χ4v) is 3.37. The minimum absolute atomic E-state index is 0.286. The van der Waals surface area contributed by atoms with E-state index in [4.69, 9.17) is 5.73 Å². The predicted octanol–water partition coefficient (Wildman–Crippen LogP) is 2.90. The molecule has 3 N–H and O–H groups in total. The van der Waals surface area contributed by atoms with E-state index in [9.17, 15) is 14.4 Å². The number of para-hydroxylation sites is 1. The Kier molecular flexibility index (Phi) is 5.36. The van der Waals surface area contributed by atoms with Crippen LogP contribution < -0.4 is 16.6 Å². The molecule has 0 saturated heterocycles. The molecule has 0 aromatic heterocycles. The van der Waals surface area contributed by atoms with Gasteiger partial charge in [0.25, 0.3) is 11.5 Å². The van der Waals surface area contributed by atoms with Gasteiger partial charge in [-0.2, -0.15) is 9.78 Å². The summed E-state index contributed by atoms with van der Waals surface area (Å²) in [4.78, 5) is 37.4. The fourth-order valence-electron chi connectivity index (χ4n) is 3.37. The molecule has 2 aliphatic heterocycles. The molecule has 0 aliphatic carbocycles. The van der Waals surface area contributed by atoms with E-state index in [1.807, 2.05) is 29.7 Å². The van der Waals surface area contributed by atoms with Gasteiger partial charge in [0.2, 0.25) is 5.91 Å². The quantitative estimate of drug-likeness (QED) is 0.504. The number of nitrogens with two attached hydrogens (primary N) is 1. The number of aromatic nitrogens is 3. The normalized spacial score (nSPS) is 10.9. The van der Waals surface area contributed by atoms with E-state index in [2.05, 4.69) is 10.4 Å². The summed E-state index contributed by atoms with van der Waals surface area (Å²) in [5.41, 5.74) is 7.43. The van der Waals surface area contributed by atoms with E-state index in [1.165, 1.54) is 16.8 Å². The predicted molar refractivity (Wildman–Crippen MR) is 118 cm³/mol. The third-order valence-electron chi connectivity index (χ3n) is 4.88. The molecule has 0 radical (unpaired) electrons. The number of carbonyl (C=O) groups excluding carboxylic acids is 2. The number of hydrogen-bond acceptors (Lipinski definition) is 4. The van der Waals surface area contributed by atoms with Gasteiger partial charge in [0.15, 0.2) is 0 Å². The zero-order chi connectivity index (χ0) is 22.0. The maximum absolute atomic E-state index is 13.1. The van der Waals surface area contributed by atoms with Crippen LogP contribution in [-0.4, -0.2) is 26.2 Å². The van der Waals surface area contributed by atoms with Crippen molar-refractivity contribution in [3.8, 4) is 16.9 Å². The molecular formula is C23H21N5O3. The zero-order valence-corrected chi connectivity index (χ0v) is 16.9. The van der Waals surface area contributed by atoms with Crippen LogP contribution in [0.15, 0.2) is 71.8 Å². The van der Waals surface area contributed by atoms with Gasteiger partial charge < -0.3 is 15.6 Å². The number of carbonyl (C=O) groups is 2. The van der Waals surface area contributed by atoms with Crippen molar-refractivity contribution in [2.45, 2.75) is 19.9 Å². The molecule has 2 heterocycles. The molecule has 31 heavy (non-hydrogen) atoms. The average molecular weight is 415 g/mol. The first-order valence-corrected chi connectivity index (χ1v) is 9.87. The lowest BCUT2D eigenvalue weighted by Crippen LogP contribution is -2.18. The molecule has 0 unspecified atom stereocenters. The number of pyridine rings is 1. The molecule has 0 saturated carbocycles. The van der Waals surface area contributed by atoms with Crippen molar-refractivity contribution in [1.29, 1.82) is 0 Å². The summed E-state index contributed by atoms with van der Waals surface area (Å²) in [5, 5.41) is 7.25. The Bertz CT molecular complexity index is 1270. The van der Waals surface area contributed by atoms with E-state index in [0.29, 0.717) is 34.7 Å². The molecule has 0 atom stereocenters. The zero-order valence-electron chi connectivity index (χ0n) is 16.9. The summed E-state index contributed by atoms with van der Waals surface area (Å²) in [6, 6.07) is 15.3. The first-order chi connectivity index (χ1) is 15.0. The highest BCUT2D eigenvalue weighted by molar-refractivity contribution is 6.08. The average Bonchev–Trinajstić information content (AvgIpc) is 3.11. The number of anilines is 1. The number of amides is 2. The van der Waals surface area contributed by atoms with Gasteiger partial charge in [-0.15, -0.1) is 0 Å². The highest BCUT2D eigenvalue weighted by Gasteiger charge is 2.24. The lowest BCUT2D eigenvalue weighted by atomic mass is 10.1. The molecule has 2 amide bonds. The standard InChI is InChI=1S/C23H21N5O3/c1-2-12-27-13-18(22(30)25-16-10-8-15(9-11-16)21(24)29)20-19(14-27)23(31)28(26-20)17-6-4-3-5-7-17/h3-11,13-14H,2,12H2,1H3,(H2,24,29)(H,25,30). The van der Waals surface area contributed by atoms with Gasteiger partial charge in [-0.3, -0.25) is 14.4 Å². The summed E-state index contributed by atoms with van der Waals surface area (Å²) >= 11 is 0.